The standard InChI is InChI=1S/C31H34N2O2S/c1-6-10-23(15-20(2)3)33(22-11-8-7-9-12-22)24-13-14-26-27(17-24)31(4,5)28-18-25(36-29(26)28)16-21(19-34)30(32)35/h6-11,13-20,22H,12H2,1-5H3,(H2,32,35)/b10-6?,21-16+,23-15+. The highest BCUT2D eigenvalue weighted by atomic mass is 32.1. The molecule has 1 atom stereocenters. The largest absolute Gasteiger partial charge is 0.365 e. The molecule has 2 aliphatic carbocycles. The van der Waals surface area contributed by atoms with Crippen molar-refractivity contribution in [2.75, 3.05) is 4.90 Å². The lowest BCUT2D eigenvalue weighted by molar-refractivity contribution is -0.116. The Morgan fingerprint density at radius 1 is 1.19 bits per heavy atom. The molecule has 36 heavy (non-hydrogen) atoms. The van der Waals surface area contributed by atoms with Crippen LogP contribution < -0.4 is 10.6 Å². The summed E-state index contributed by atoms with van der Waals surface area (Å²) in [6.07, 6.45) is 18.4. The van der Waals surface area contributed by atoms with Gasteiger partial charge in [-0.25, -0.2) is 0 Å². The van der Waals surface area contributed by atoms with Crippen molar-refractivity contribution in [1.29, 1.82) is 0 Å². The number of carbonyl (C=O) groups is 2. The maximum atomic E-state index is 11.5. The molecule has 1 aromatic carbocycles. The van der Waals surface area contributed by atoms with Gasteiger partial charge in [0.15, 0.2) is 6.29 Å². The number of nitrogens with two attached hydrogens (primary N) is 1. The van der Waals surface area contributed by atoms with E-state index in [-0.39, 0.29) is 17.0 Å². The number of benzene rings is 1. The molecule has 1 unspecified atom stereocenters. The average molecular weight is 499 g/mol. The maximum Gasteiger partial charge on any atom is 0.252 e. The molecular weight excluding hydrogens is 464 g/mol. The highest BCUT2D eigenvalue weighted by Crippen LogP contribution is 2.53. The fraction of sp³-hybridized carbons (Fsp3) is 0.290. The molecule has 2 aromatic rings. The summed E-state index contributed by atoms with van der Waals surface area (Å²) < 4.78 is 0. The van der Waals surface area contributed by atoms with E-state index < -0.39 is 5.91 Å². The normalized spacial score (nSPS) is 18.6. The summed E-state index contributed by atoms with van der Waals surface area (Å²) in [6.45, 7) is 11.0. The minimum Gasteiger partial charge on any atom is -0.365 e. The molecular formula is C31H34N2O2S. The summed E-state index contributed by atoms with van der Waals surface area (Å²) >= 11 is 1.59. The van der Waals surface area contributed by atoms with Gasteiger partial charge in [0.25, 0.3) is 5.91 Å². The minimum absolute atomic E-state index is 0.0121. The fourth-order valence-electron chi connectivity index (χ4n) is 5.02. The van der Waals surface area contributed by atoms with Crippen LogP contribution in [0.4, 0.5) is 5.69 Å². The van der Waals surface area contributed by atoms with E-state index in [1.54, 1.807) is 17.4 Å². The third kappa shape index (κ3) is 4.80. The van der Waals surface area contributed by atoms with Crippen LogP contribution in [0, 0.1) is 5.92 Å². The summed E-state index contributed by atoms with van der Waals surface area (Å²) in [4.78, 5) is 27.3. The molecule has 186 valence electrons. The van der Waals surface area contributed by atoms with Gasteiger partial charge in [-0.1, -0.05) is 70.2 Å². The Bertz CT molecular complexity index is 1330. The van der Waals surface area contributed by atoms with E-state index in [4.69, 9.17) is 5.73 Å². The zero-order chi connectivity index (χ0) is 26.0. The van der Waals surface area contributed by atoms with Crippen molar-refractivity contribution in [1.82, 2.24) is 0 Å². The number of hydrogen-bond donors (Lipinski definition) is 1. The number of hydrogen-bond acceptors (Lipinski definition) is 4. The second-order valence-corrected chi connectivity index (χ2v) is 11.2. The number of fused-ring (bicyclic) bond motifs is 3. The lowest BCUT2D eigenvalue weighted by Gasteiger charge is -2.35. The number of primary amides is 1. The van der Waals surface area contributed by atoms with Crippen molar-refractivity contribution in [2.45, 2.75) is 52.5 Å². The Morgan fingerprint density at radius 3 is 2.58 bits per heavy atom. The van der Waals surface area contributed by atoms with E-state index in [9.17, 15) is 9.59 Å². The predicted molar refractivity (Wildman–Crippen MR) is 152 cm³/mol. The van der Waals surface area contributed by atoms with Gasteiger partial charge in [0.2, 0.25) is 0 Å². The van der Waals surface area contributed by atoms with Crippen LogP contribution >= 0.6 is 11.3 Å². The van der Waals surface area contributed by atoms with Gasteiger partial charge in [-0.15, -0.1) is 11.3 Å². The molecule has 5 heteroatoms. The van der Waals surface area contributed by atoms with Crippen LogP contribution in [0.1, 0.15) is 57.0 Å². The summed E-state index contributed by atoms with van der Waals surface area (Å²) in [6, 6.07) is 9.09. The molecule has 1 heterocycles. The molecule has 0 spiro atoms. The summed E-state index contributed by atoms with van der Waals surface area (Å²) in [5.41, 5.74) is 11.2. The molecule has 1 amide bonds. The third-order valence-corrected chi connectivity index (χ3v) is 7.86. The molecule has 0 radical (unpaired) electrons. The molecule has 4 nitrogen and oxygen atoms in total. The van der Waals surface area contributed by atoms with Gasteiger partial charge in [0, 0.05) is 26.6 Å². The van der Waals surface area contributed by atoms with Gasteiger partial charge in [0.1, 0.15) is 0 Å². The Kier molecular flexibility index (Phi) is 7.32. The molecule has 2 N–H and O–H groups in total. The highest BCUT2D eigenvalue weighted by molar-refractivity contribution is 7.16. The van der Waals surface area contributed by atoms with E-state index in [1.165, 1.54) is 33.0 Å². The van der Waals surface area contributed by atoms with Crippen molar-refractivity contribution in [3.05, 3.63) is 94.1 Å². The van der Waals surface area contributed by atoms with Gasteiger partial charge in [-0.3, -0.25) is 9.59 Å². The second kappa shape index (κ2) is 10.3. The molecule has 0 saturated carbocycles. The smallest absolute Gasteiger partial charge is 0.252 e. The molecule has 0 saturated heterocycles. The van der Waals surface area contributed by atoms with Gasteiger partial charge in [0.05, 0.1) is 11.6 Å². The number of rotatable bonds is 8. The van der Waals surface area contributed by atoms with E-state index >= 15 is 0 Å². The van der Waals surface area contributed by atoms with Gasteiger partial charge < -0.3 is 10.6 Å². The summed E-state index contributed by atoms with van der Waals surface area (Å²) in [5.74, 6) is -0.288. The van der Waals surface area contributed by atoms with Crippen LogP contribution in [0.3, 0.4) is 0 Å². The van der Waals surface area contributed by atoms with Crippen LogP contribution in [0.15, 0.2) is 78.1 Å². The second-order valence-electron chi connectivity index (χ2n) is 10.1. The van der Waals surface area contributed by atoms with Crippen LogP contribution in [0.2, 0.25) is 0 Å². The van der Waals surface area contributed by atoms with Crippen molar-refractivity contribution < 1.29 is 9.59 Å². The van der Waals surface area contributed by atoms with Crippen molar-refractivity contribution in [3.8, 4) is 10.4 Å². The van der Waals surface area contributed by atoms with Crippen molar-refractivity contribution in [3.63, 3.8) is 0 Å². The van der Waals surface area contributed by atoms with E-state index in [1.807, 2.05) is 0 Å². The van der Waals surface area contributed by atoms with E-state index in [0.717, 1.165) is 11.3 Å². The first-order valence-electron chi connectivity index (χ1n) is 12.4. The molecule has 4 rings (SSSR count). The lowest BCUT2D eigenvalue weighted by Crippen LogP contribution is -2.33. The van der Waals surface area contributed by atoms with Crippen LogP contribution in [0.5, 0.6) is 0 Å². The topological polar surface area (TPSA) is 63.4 Å². The van der Waals surface area contributed by atoms with Gasteiger partial charge >= 0.3 is 0 Å². The number of anilines is 1. The highest BCUT2D eigenvalue weighted by Gasteiger charge is 2.38. The third-order valence-electron chi connectivity index (χ3n) is 6.74. The summed E-state index contributed by atoms with van der Waals surface area (Å²) in [5, 5.41) is 0. The zero-order valence-corrected chi connectivity index (χ0v) is 22.4. The quantitative estimate of drug-likeness (QED) is 0.141. The molecule has 2 aliphatic rings. The van der Waals surface area contributed by atoms with Gasteiger partial charge in [-0.2, -0.15) is 0 Å². The van der Waals surface area contributed by atoms with Gasteiger partial charge in [-0.05, 0) is 66.3 Å². The Morgan fingerprint density at radius 2 is 1.97 bits per heavy atom. The number of aldehydes is 1. The van der Waals surface area contributed by atoms with Crippen molar-refractivity contribution >= 4 is 35.3 Å². The molecule has 0 fully saturated rings. The first-order valence-corrected chi connectivity index (χ1v) is 13.2. The Labute approximate surface area is 218 Å². The molecule has 0 aliphatic heterocycles. The number of amides is 1. The number of carbonyl (C=O) groups excluding carboxylic acids is 2. The fourth-order valence-corrected chi connectivity index (χ4v) is 6.33. The monoisotopic (exact) mass is 498 g/mol. The first kappa shape index (κ1) is 25.6. The van der Waals surface area contributed by atoms with E-state index in [0.29, 0.717) is 12.2 Å². The van der Waals surface area contributed by atoms with Crippen molar-refractivity contribution in [2.24, 2.45) is 11.7 Å². The van der Waals surface area contributed by atoms with Crippen LogP contribution in [0.25, 0.3) is 16.5 Å². The van der Waals surface area contributed by atoms with Crippen LogP contribution in [-0.4, -0.2) is 18.2 Å². The van der Waals surface area contributed by atoms with E-state index in [2.05, 4.69) is 106 Å². The first-order chi connectivity index (χ1) is 17.2. The van der Waals surface area contributed by atoms with Crippen LogP contribution in [-0.2, 0) is 15.0 Å². The lowest BCUT2D eigenvalue weighted by atomic mass is 9.82. The average Bonchev–Trinajstić information content (AvgIpc) is 3.35. The zero-order valence-electron chi connectivity index (χ0n) is 21.6. The maximum absolute atomic E-state index is 11.5. The summed E-state index contributed by atoms with van der Waals surface area (Å²) in [7, 11) is 0. The number of thiophene rings is 1. The molecule has 0 bridgehead atoms. The number of nitrogens with zero attached hydrogens (tertiary/aromatic N) is 1. The SMILES string of the molecule is CC=C/C(=C\C(C)C)N(c1ccc2c(c1)C(C)(C)c1cc(/C=C(\C=O)C(N)=O)sc1-2)C1C=CC=CC1. The molecule has 1 aromatic heterocycles. The number of allylic oxidation sites excluding steroid dienone is 5. The predicted octanol–water partition coefficient (Wildman–Crippen LogP) is 6.93. The Balaban J connectivity index is 1.82. The minimum atomic E-state index is -0.707. The Hall–Kier alpha value is -3.44.